The van der Waals surface area contributed by atoms with Crippen LogP contribution >= 0.6 is 0 Å². The highest BCUT2D eigenvalue weighted by Gasteiger charge is 2.24. The average molecular weight is 354 g/mol. The molecule has 0 amide bonds. The summed E-state index contributed by atoms with van der Waals surface area (Å²) in [6.07, 6.45) is 2.87. The van der Waals surface area contributed by atoms with Crippen molar-refractivity contribution in [2.75, 3.05) is 13.2 Å². The molecule has 2 aromatic carbocycles. The first-order valence-electron chi connectivity index (χ1n) is 9.20. The Labute approximate surface area is 154 Å². The zero-order chi connectivity index (χ0) is 18.5. The van der Waals surface area contributed by atoms with Crippen LogP contribution in [-0.4, -0.2) is 24.3 Å². The van der Waals surface area contributed by atoms with Crippen LogP contribution in [0.3, 0.4) is 0 Å². The standard InChI is InChI=1S/C22H26O4/c1-15-4-7-19(12-16(15)2)25-10-3-11-26-20-8-9-21-17(13-20)5-6-18(21)14-22(23)24/h4,7-9,12-13,18H,3,5-6,10-11,14H2,1-2H3,(H,23,24)/t18-/m0/s1. The first kappa shape index (κ1) is 18.3. The largest absolute Gasteiger partial charge is 0.493 e. The van der Waals surface area contributed by atoms with E-state index in [9.17, 15) is 4.79 Å². The molecule has 0 aliphatic heterocycles. The number of hydrogen-bond donors (Lipinski definition) is 1. The maximum Gasteiger partial charge on any atom is 0.303 e. The van der Waals surface area contributed by atoms with E-state index in [-0.39, 0.29) is 12.3 Å². The second-order valence-corrected chi connectivity index (χ2v) is 6.99. The van der Waals surface area contributed by atoms with Crippen LogP contribution in [-0.2, 0) is 11.2 Å². The zero-order valence-electron chi connectivity index (χ0n) is 15.5. The van der Waals surface area contributed by atoms with Gasteiger partial charge in [0.15, 0.2) is 0 Å². The van der Waals surface area contributed by atoms with Gasteiger partial charge in [-0.2, -0.15) is 0 Å². The topological polar surface area (TPSA) is 55.8 Å². The average Bonchev–Trinajstić information content (AvgIpc) is 2.99. The molecule has 0 spiro atoms. The fourth-order valence-corrected chi connectivity index (χ4v) is 3.44. The molecule has 138 valence electrons. The van der Waals surface area contributed by atoms with E-state index in [4.69, 9.17) is 14.6 Å². The van der Waals surface area contributed by atoms with Crippen molar-refractivity contribution < 1.29 is 19.4 Å². The lowest BCUT2D eigenvalue weighted by atomic mass is 9.98. The smallest absolute Gasteiger partial charge is 0.303 e. The van der Waals surface area contributed by atoms with Gasteiger partial charge in [-0.1, -0.05) is 12.1 Å². The molecule has 0 aromatic heterocycles. The molecule has 0 saturated heterocycles. The summed E-state index contributed by atoms with van der Waals surface area (Å²) >= 11 is 0. The molecule has 1 aliphatic carbocycles. The van der Waals surface area contributed by atoms with Gasteiger partial charge in [0.25, 0.3) is 0 Å². The van der Waals surface area contributed by atoms with Crippen LogP contribution in [0.1, 0.15) is 47.4 Å². The molecule has 4 heteroatoms. The quantitative estimate of drug-likeness (QED) is 0.701. The highest BCUT2D eigenvalue weighted by molar-refractivity contribution is 5.68. The van der Waals surface area contributed by atoms with Crippen molar-refractivity contribution in [3.8, 4) is 11.5 Å². The van der Waals surface area contributed by atoms with E-state index in [2.05, 4.69) is 32.0 Å². The third-order valence-electron chi connectivity index (χ3n) is 5.04. The zero-order valence-corrected chi connectivity index (χ0v) is 15.5. The van der Waals surface area contributed by atoms with Crippen LogP contribution in [0.4, 0.5) is 0 Å². The van der Waals surface area contributed by atoms with Crippen molar-refractivity contribution in [2.45, 2.75) is 45.4 Å². The molecule has 1 atom stereocenters. The monoisotopic (exact) mass is 354 g/mol. The Morgan fingerprint density at radius 3 is 2.42 bits per heavy atom. The number of fused-ring (bicyclic) bond motifs is 1. The van der Waals surface area contributed by atoms with Gasteiger partial charge in [0.05, 0.1) is 19.6 Å². The minimum atomic E-state index is -0.730. The maximum absolute atomic E-state index is 10.9. The number of rotatable bonds is 8. The number of ether oxygens (including phenoxy) is 2. The van der Waals surface area contributed by atoms with Crippen LogP contribution in [0.25, 0.3) is 0 Å². The van der Waals surface area contributed by atoms with Gasteiger partial charge >= 0.3 is 5.97 Å². The van der Waals surface area contributed by atoms with Crippen LogP contribution in [0.2, 0.25) is 0 Å². The first-order valence-corrected chi connectivity index (χ1v) is 9.20. The lowest BCUT2D eigenvalue weighted by molar-refractivity contribution is -0.137. The van der Waals surface area contributed by atoms with Crippen molar-refractivity contribution in [1.82, 2.24) is 0 Å². The summed E-state index contributed by atoms with van der Waals surface area (Å²) in [6.45, 7) is 5.39. The lowest BCUT2D eigenvalue weighted by Crippen LogP contribution is -2.06. The Morgan fingerprint density at radius 2 is 1.73 bits per heavy atom. The van der Waals surface area contributed by atoms with Gasteiger partial charge in [-0.3, -0.25) is 4.79 Å². The summed E-state index contributed by atoms with van der Waals surface area (Å²) in [5.74, 6) is 1.16. The molecule has 0 heterocycles. The summed E-state index contributed by atoms with van der Waals surface area (Å²) < 4.78 is 11.6. The Kier molecular flexibility index (Phi) is 5.82. The summed E-state index contributed by atoms with van der Waals surface area (Å²) in [5.41, 5.74) is 4.89. The lowest BCUT2D eigenvalue weighted by Gasteiger charge is -2.11. The second-order valence-electron chi connectivity index (χ2n) is 6.99. The van der Waals surface area contributed by atoms with Gasteiger partial charge in [0.1, 0.15) is 11.5 Å². The highest BCUT2D eigenvalue weighted by Crippen LogP contribution is 2.37. The third-order valence-corrected chi connectivity index (χ3v) is 5.04. The molecule has 3 rings (SSSR count). The number of carboxylic acid groups (broad SMARTS) is 1. The van der Waals surface area contributed by atoms with Crippen molar-refractivity contribution in [2.24, 2.45) is 0 Å². The molecule has 1 N–H and O–H groups in total. The molecule has 1 aliphatic rings. The van der Waals surface area contributed by atoms with Crippen molar-refractivity contribution in [1.29, 1.82) is 0 Å². The predicted octanol–water partition coefficient (Wildman–Crippen LogP) is 4.66. The minimum Gasteiger partial charge on any atom is -0.493 e. The van der Waals surface area contributed by atoms with E-state index in [0.717, 1.165) is 36.3 Å². The van der Waals surface area contributed by atoms with Crippen LogP contribution in [0.15, 0.2) is 36.4 Å². The van der Waals surface area contributed by atoms with Crippen LogP contribution in [0, 0.1) is 13.8 Å². The van der Waals surface area contributed by atoms with E-state index in [1.165, 1.54) is 16.7 Å². The number of carboxylic acids is 1. The number of benzene rings is 2. The van der Waals surface area contributed by atoms with E-state index < -0.39 is 5.97 Å². The summed E-state index contributed by atoms with van der Waals surface area (Å²) in [4.78, 5) is 10.9. The number of aliphatic carboxylic acids is 1. The molecule has 26 heavy (non-hydrogen) atoms. The Hall–Kier alpha value is -2.49. The molecule has 0 saturated carbocycles. The summed E-state index contributed by atoms with van der Waals surface area (Å²) in [6, 6.07) is 12.2. The Bertz CT molecular complexity index is 782. The van der Waals surface area contributed by atoms with Crippen LogP contribution in [0.5, 0.6) is 11.5 Å². The highest BCUT2D eigenvalue weighted by atomic mass is 16.5. The fourth-order valence-electron chi connectivity index (χ4n) is 3.44. The van der Waals surface area contributed by atoms with Crippen molar-refractivity contribution in [3.05, 3.63) is 58.7 Å². The van der Waals surface area contributed by atoms with Gasteiger partial charge in [-0.25, -0.2) is 0 Å². The van der Waals surface area contributed by atoms with Gasteiger partial charge in [-0.05, 0) is 79.1 Å². The molecule has 0 fully saturated rings. The molecule has 0 bridgehead atoms. The van der Waals surface area contributed by atoms with E-state index in [0.29, 0.717) is 13.2 Å². The third kappa shape index (κ3) is 4.57. The van der Waals surface area contributed by atoms with Gasteiger partial charge in [-0.15, -0.1) is 0 Å². The molecular weight excluding hydrogens is 328 g/mol. The van der Waals surface area contributed by atoms with E-state index in [1.54, 1.807) is 0 Å². The SMILES string of the molecule is Cc1ccc(OCCCOc2ccc3c(c2)CC[C@H]3CC(=O)O)cc1C. The number of hydrogen-bond acceptors (Lipinski definition) is 3. The molecule has 4 nitrogen and oxygen atoms in total. The Balaban J connectivity index is 1.44. The number of aryl methyl sites for hydroxylation is 3. The van der Waals surface area contributed by atoms with Gasteiger partial charge in [0.2, 0.25) is 0 Å². The number of carbonyl (C=O) groups is 1. The Morgan fingerprint density at radius 1 is 1.04 bits per heavy atom. The van der Waals surface area contributed by atoms with Crippen molar-refractivity contribution in [3.63, 3.8) is 0 Å². The molecule has 0 radical (unpaired) electrons. The molecular formula is C22H26O4. The van der Waals surface area contributed by atoms with Crippen molar-refractivity contribution >= 4 is 5.97 Å². The molecule has 2 aromatic rings. The summed E-state index contributed by atoms with van der Waals surface area (Å²) in [7, 11) is 0. The molecule has 0 unspecified atom stereocenters. The van der Waals surface area contributed by atoms with Gasteiger partial charge < -0.3 is 14.6 Å². The second kappa shape index (κ2) is 8.26. The van der Waals surface area contributed by atoms with Gasteiger partial charge in [0, 0.05) is 6.42 Å². The predicted molar refractivity (Wildman–Crippen MR) is 101 cm³/mol. The van der Waals surface area contributed by atoms with Crippen LogP contribution < -0.4 is 9.47 Å². The minimum absolute atomic E-state index is 0.142. The van der Waals surface area contributed by atoms with E-state index >= 15 is 0 Å². The summed E-state index contributed by atoms with van der Waals surface area (Å²) in [5, 5.41) is 9.00. The van der Waals surface area contributed by atoms with E-state index in [1.807, 2.05) is 18.2 Å². The normalized spacial score (nSPS) is 15.5. The fraction of sp³-hybridized carbons (Fsp3) is 0.409. The maximum atomic E-state index is 10.9. The first-order chi connectivity index (χ1) is 12.5.